The first kappa shape index (κ1) is 19.9. The summed E-state index contributed by atoms with van der Waals surface area (Å²) in [6, 6.07) is 15.8. The van der Waals surface area contributed by atoms with Crippen LogP contribution in [0.3, 0.4) is 0 Å². The molecule has 152 valence electrons. The molecule has 3 amide bonds. The Hall–Kier alpha value is -3.36. The van der Waals surface area contributed by atoms with Gasteiger partial charge in [-0.15, -0.1) is 0 Å². The standard InChI is InChI=1S/C22H19N3O4S/c26-12-14-1-3-15(4-2-14)13-29-16-5-7-17(8-6-16)30-19-9-10-23-11-18(19)20-21(27)25-22(28)24-20/h1-11,20,26H,12-13H2,(H2,24,25,27,28). The molecule has 0 aliphatic carbocycles. The number of imide groups is 1. The first-order valence-electron chi connectivity index (χ1n) is 9.27. The molecule has 1 unspecified atom stereocenters. The summed E-state index contributed by atoms with van der Waals surface area (Å²) in [5.74, 6) is 0.355. The van der Waals surface area contributed by atoms with E-state index < -0.39 is 12.1 Å². The van der Waals surface area contributed by atoms with E-state index in [0.717, 1.165) is 26.7 Å². The number of hydrogen-bond donors (Lipinski definition) is 3. The van der Waals surface area contributed by atoms with E-state index in [9.17, 15) is 9.59 Å². The number of aliphatic hydroxyl groups excluding tert-OH is 1. The number of aliphatic hydroxyl groups is 1. The first-order chi connectivity index (χ1) is 14.6. The van der Waals surface area contributed by atoms with Gasteiger partial charge in [-0.1, -0.05) is 36.0 Å². The predicted octanol–water partition coefficient (Wildman–Crippen LogP) is 3.18. The molecule has 0 bridgehead atoms. The lowest BCUT2D eigenvalue weighted by atomic mass is 10.1. The van der Waals surface area contributed by atoms with E-state index in [-0.39, 0.29) is 12.5 Å². The van der Waals surface area contributed by atoms with Crippen molar-refractivity contribution in [3.05, 3.63) is 83.7 Å². The van der Waals surface area contributed by atoms with Crippen molar-refractivity contribution >= 4 is 23.7 Å². The first-order valence-corrected chi connectivity index (χ1v) is 10.1. The monoisotopic (exact) mass is 421 g/mol. The Kier molecular flexibility index (Phi) is 5.97. The smallest absolute Gasteiger partial charge is 0.322 e. The van der Waals surface area contributed by atoms with E-state index in [1.807, 2.05) is 54.6 Å². The highest BCUT2D eigenvalue weighted by molar-refractivity contribution is 7.99. The van der Waals surface area contributed by atoms with Gasteiger partial charge in [-0.3, -0.25) is 15.1 Å². The number of carbonyl (C=O) groups excluding carboxylic acids is 2. The van der Waals surface area contributed by atoms with Gasteiger partial charge in [0.2, 0.25) is 0 Å². The number of urea groups is 1. The number of nitrogens with one attached hydrogen (secondary N) is 2. The fourth-order valence-corrected chi connectivity index (χ4v) is 3.92. The molecule has 2 heterocycles. The fourth-order valence-electron chi connectivity index (χ4n) is 2.98. The predicted molar refractivity (Wildman–Crippen MR) is 111 cm³/mol. The van der Waals surface area contributed by atoms with Crippen LogP contribution in [0.2, 0.25) is 0 Å². The molecule has 1 aliphatic heterocycles. The van der Waals surface area contributed by atoms with E-state index in [2.05, 4.69) is 15.6 Å². The summed E-state index contributed by atoms with van der Waals surface area (Å²) >= 11 is 1.48. The van der Waals surface area contributed by atoms with Crippen molar-refractivity contribution in [1.29, 1.82) is 0 Å². The summed E-state index contributed by atoms with van der Waals surface area (Å²) in [5.41, 5.74) is 2.53. The van der Waals surface area contributed by atoms with Crippen molar-refractivity contribution in [3.63, 3.8) is 0 Å². The average molecular weight is 421 g/mol. The number of benzene rings is 2. The molecule has 4 rings (SSSR count). The Labute approximate surface area is 177 Å². The van der Waals surface area contributed by atoms with Crippen LogP contribution in [-0.4, -0.2) is 22.0 Å². The third kappa shape index (κ3) is 4.61. The molecular formula is C22H19N3O4S. The lowest BCUT2D eigenvalue weighted by Gasteiger charge is -2.13. The van der Waals surface area contributed by atoms with Crippen molar-refractivity contribution in [3.8, 4) is 5.75 Å². The van der Waals surface area contributed by atoms with Crippen LogP contribution in [0.4, 0.5) is 4.79 Å². The third-order valence-corrected chi connectivity index (χ3v) is 5.66. The summed E-state index contributed by atoms with van der Waals surface area (Å²) in [5, 5.41) is 13.9. The van der Waals surface area contributed by atoms with Gasteiger partial charge in [0.05, 0.1) is 6.61 Å². The summed E-state index contributed by atoms with van der Waals surface area (Å²) < 4.78 is 5.82. The van der Waals surface area contributed by atoms with Crippen molar-refractivity contribution in [2.75, 3.05) is 0 Å². The Balaban J connectivity index is 1.41. The molecule has 1 fully saturated rings. The molecule has 1 aromatic heterocycles. The van der Waals surface area contributed by atoms with E-state index in [1.54, 1.807) is 12.4 Å². The molecule has 1 aliphatic rings. The van der Waals surface area contributed by atoms with Crippen molar-refractivity contribution < 1.29 is 19.4 Å². The molecule has 1 atom stereocenters. The molecule has 3 aromatic rings. The van der Waals surface area contributed by atoms with Crippen molar-refractivity contribution in [1.82, 2.24) is 15.6 Å². The molecular weight excluding hydrogens is 402 g/mol. The van der Waals surface area contributed by atoms with Gasteiger partial charge in [-0.25, -0.2) is 4.79 Å². The maximum Gasteiger partial charge on any atom is 0.322 e. The van der Waals surface area contributed by atoms with E-state index in [4.69, 9.17) is 9.84 Å². The average Bonchev–Trinajstić information content (AvgIpc) is 3.11. The largest absolute Gasteiger partial charge is 0.489 e. The van der Waals surface area contributed by atoms with Crippen LogP contribution >= 0.6 is 11.8 Å². The second kappa shape index (κ2) is 8.98. The molecule has 2 aromatic carbocycles. The van der Waals surface area contributed by atoms with Gasteiger partial charge >= 0.3 is 6.03 Å². The zero-order chi connectivity index (χ0) is 20.9. The zero-order valence-corrected chi connectivity index (χ0v) is 16.7. The highest BCUT2D eigenvalue weighted by atomic mass is 32.2. The van der Waals surface area contributed by atoms with Gasteiger partial charge in [-0.2, -0.15) is 0 Å². The minimum absolute atomic E-state index is 0.0250. The number of rotatable bonds is 7. The molecule has 30 heavy (non-hydrogen) atoms. The van der Waals surface area contributed by atoms with Gasteiger partial charge < -0.3 is 15.2 Å². The molecule has 0 spiro atoms. The lowest BCUT2D eigenvalue weighted by molar-refractivity contribution is -0.120. The number of amides is 3. The third-order valence-electron chi connectivity index (χ3n) is 4.56. The zero-order valence-electron chi connectivity index (χ0n) is 15.9. The van der Waals surface area contributed by atoms with Gasteiger partial charge in [0.1, 0.15) is 18.4 Å². The summed E-state index contributed by atoms with van der Waals surface area (Å²) in [6.07, 6.45) is 3.25. The van der Waals surface area contributed by atoms with Crippen LogP contribution in [0.1, 0.15) is 22.7 Å². The van der Waals surface area contributed by atoms with Crippen LogP contribution in [0, 0.1) is 0 Å². The normalized spacial score (nSPS) is 15.6. The SMILES string of the molecule is O=C1NC(=O)C(c2cnccc2Sc2ccc(OCc3ccc(CO)cc3)cc2)N1. The molecule has 0 saturated carbocycles. The Morgan fingerprint density at radius 3 is 2.40 bits per heavy atom. The number of nitrogens with zero attached hydrogens (tertiary/aromatic N) is 1. The minimum Gasteiger partial charge on any atom is -0.489 e. The van der Waals surface area contributed by atoms with E-state index in [1.165, 1.54) is 11.8 Å². The van der Waals surface area contributed by atoms with Crippen LogP contribution in [0.25, 0.3) is 0 Å². The molecule has 3 N–H and O–H groups in total. The molecule has 8 heteroatoms. The maximum atomic E-state index is 12.0. The number of carbonyl (C=O) groups is 2. The highest BCUT2D eigenvalue weighted by Gasteiger charge is 2.32. The van der Waals surface area contributed by atoms with Gasteiger partial charge in [0.25, 0.3) is 5.91 Å². The second-order valence-corrected chi connectivity index (χ2v) is 7.76. The van der Waals surface area contributed by atoms with Crippen molar-refractivity contribution in [2.45, 2.75) is 29.0 Å². The van der Waals surface area contributed by atoms with E-state index >= 15 is 0 Å². The molecule has 1 saturated heterocycles. The van der Waals surface area contributed by atoms with Crippen LogP contribution in [0.5, 0.6) is 5.75 Å². The van der Waals surface area contributed by atoms with Gasteiger partial charge in [-0.05, 0) is 41.5 Å². The lowest BCUT2D eigenvalue weighted by Crippen LogP contribution is -2.22. The van der Waals surface area contributed by atoms with E-state index in [0.29, 0.717) is 12.2 Å². The Morgan fingerprint density at radius 2 is 1.73 bits per heavy atom. The quantitative estimate of drug-likeness (QED) is 0.507. The van der Waals surface area contributed by atoms with Crippen LogP contribution in [0.15, 0.2) is 76.8 Å². The Morgan fingerprint density at radius 1 is 1.00 bits per heavy atom. The number of hydrogen-bond acceptors (Lipinski definition) is 6. The fraction of sp³-hybridized carbons (Fsp3) is 0.136. The summed E-state index contributed by atoms with van der Waals surface area (Å²) in [7, 11) is 0. The Bertz CT molecular complexity index is 1050. The van der Waals surface area contributed by atoms with Gasteiger partial charge in [0.15, 0.2) is 0 Å². The number of aromatic nitrogens is 1. The molecule has 7 nitrogen and oxygen atoms in total. The topological polar surface area (TPSA) is 101 Å². The van der Waals surface area contributed by atoms with Crippen molar-refractivity contribution in [2.24, 2.45) is 0 Å². The maximum absolute atomic E-state index is 12.0. The van der Waals surface area contributed by atoms with Gasteiger partial charge in [0, 0.05) is 27.7 Å². The highest BCUT2D eigenvalue weighted by Crippen LogP contribution is 2.34. The summed E-state index contributed by atoms with van der Waals surface area (Å²) in [4.78, 5) is 29.3. The van der Waals surface area contributed by atoms with Crippen LogP contribution < -0.4 is 15.4 Å². The second-order valence-electron chi connectivity index (χ2n) is 6.65. The number of pyridine rings is 1. The van der Waals surface area contributed by atoms with Crippen LogP contribution in [-0.2, 0) is 18.0 Å². The molecule has 0 radical (unpaired) electrons. The minimum atomic E-state index is -0.742. The number of ether oxygens (including phenoxy) is 1. The summed E-state index contributed by atoms with van der Waals surface area (Å²) in [6.45, 7) is 0.459.